The number of nitrogens with one attached hydrogen (secondary N) is 1. The highest BCUT2D eigenvalue weighted by molar-refractivity contribution is 5.96. The summed E-state index contributed by atoms with van der Waals surface area (Å²) in [6.07, 6.45) is -3.79. The minimum Gasteiger partial charge on any atom is -0.339 e. The molecule has 8 heteroatoms. The van der Waals surface area contributed by atoms with Crippen LogP contribution in [-0.4, -0.2) is 60.9 Å². The summed E-state index contributed by atoms with van der Waals surface area (Å²) in [5.74, 6) is -0.575. The summed E-state index contributed by atoms with van der Waals surface area (Å²) in [5.41, 5.74) is -0.655. The molecule has 2 rings (SSSR count). The minimum atomic E-state index is -4.44. The molecule has 1 fully saturated rings. The van der Waals surface area contributed by atoms with Gasteiger partial charge in [-0.15, -0.1) is 0 Å². The van der Waals surface area contributed by atoms with Crippen molar-refractivity contribution in [3.63, 3.8) is 0 Å². The van der Waals surface area contributed by atoms with Crippen LogP contribution in [0.1, 0.15) is 29.3 Å². The molecule has 1 aliphatic rings. The lowest BCUT2D eigenvalue weighted by Gasteiger charge is -2.30. The Morgan fingerprint density at radius 1 is 1.16 bits per heavy atom. The fraction of sp³-hybridized carbons (Fsp3) is 0.529. The molecule has 0 saturated carbocycles. The van der Waals surface area contributed by atoms with Crippen LogP contribution in [0, 0.1) is 0 Å². The standard InChI is InChI=1S/C17H22F3N3O2/c1-2-9-23(12-15(24)22-10-7-21-8-11-22)16(25)13-3-5-14(6-4-13)17(18,19)20/h3-6,21H,2,7-12H2,1H3. The molecular formula is C17H22F3N3O2. The zero-order valence-electron chi connectivity index (χ0n) is 14.1. The van der Waals surface area contributed by atoms with E-state index in [2.05, 4.69) is 5.32 Å². The predicted molar refractivity (Wildman–Crippen MR) is 87.1 cm³/mol. The fourth-order valence-electron chi connectivity index (χ4n) is 2.68. The molecule has 0 aromatic heterocycles. The Morgan fingerprint density at radius 3 is 2.28 bits per heavy atom. The molecule has 1 heterocycles. The first-order valence-electron chi connectivity index (χ1n) is 8.28. The van der Waals surface area contributed by atoms with Gasteiger partial charge in [0.1, 0.15) is 6.54 Å². The van der Waals surface area contributed by atoms with Gasteiger partial charge >= 0.3 is 6.18 Å². The highest BCUT2D eigenvalue weighted by atomic mass is 19.4. The fourth-order valence-corrected chi connectivity index (χ4v) is 2.68. The van der Waals surface area contributed by atoms with Gasteiger partial charge in [0.2, 0.25) is 5.91 Å². The van der Waals surface area contributed by atoms with Crippen LogP contribution in [0.15, 0.2) is 24.3 Å². The van der Waals surface area contributed by atoms with E-state index in [0.717, 1.165) is 24.3 Å². The van der Waals surface area contributed by atoms with Crippen LogP contribution >= 0.6 is 0 Å². The second-order valence-corrected chi connectivity index (χ2v) is 5.93. The Labute approximate surface area is 144 Å². The van der Waals surface area contributed by atoms with Gasteiger partial charge < -0.3 is 15.1 Å². The second-order valence-electron chi connectivity index (χ2n) is 5.93. The lowest BCUT2D eigenvalue weighted by atomic mass is 10.1. The van der Waals surface area contributed by atoms with E-state index in [0.29, 0.717) is 39.1 Å². The highest BCUT2D eigenvalue weighted by Gasteiger charge is 2.30. The summed E-state index contributed by atoms with van der Waals surface area (Å²) in [7, 11) is 0. The molecule has 0 aliphatic carbocycles. The number of hydrogen-bond donors (Lipinski definition) is 1. The van der Waals surface area contributed by atoms with Crippen LogP contribution in [0.5, 0.6) is 0 Å². The van der Waals surface area contributed by atoms with E-state index in [1.54, 1.807) is 4.90 Å². The highest BCUT2D eigenvalue weighted by Crippen LogP contribution is 2.29. The average molecular weight is 357 g/mol. The summed E-state index contributed by atoms with van der Waals surface area (Å²) >= 11 is 0. The second kappa shape index (κ2) is 8.33. The van der Waals surface area contributed by atoms with Crippen LogP contribution in [0.2, 0.25) is 0 Å². The summed E-state index contributed by atoms with van der Waals surface area (Å²) in [4.78, 5) is 28.0. The molecule has 0 radical (unpaired) electrons. The van der Waals surface area contributed by atoms with E-state index in [-0.39, 0.29) is 18.0 Å². The number of rotatable bonds is 5. The van der Waals surface area contributed by atoms with Crippen LogP contribution < -0.4 is 5.32 Å². The van der Waals surface area contributed by atoms with E-state index in [4.69, 9.17) is 0 Å². The first kappa shape index (κ1) is 19.2. The van der Waals surface area contributed by atoms with Gasteiger partial charge in [0.15, 0.2) is 0 Å². The summed E-state index contributed by atoms with van der Waals surface area (Å²) in [6.45, 7) is 4.80. The largest absolute Gasteiger partial charge is 0.416 e. The number of hydrogen-bond acceptors (Lipinski definition) is 3. The number of piperazine rings is 1. The number of alkyl halides is 3. The molecule has 1 aromatic carbocycles. The molecule has 5 nitrogen and oxygen atoms in total. The van der Waals surface area contributed by atoms with Crippen molar-refractivity contribution in [2.45, 2.75) is 19.5 Å². The van der Waals surface area contributed by atoms with E-state index < -0.39 is 17.6 Å². The monoisotopic (exact) mass is 357 g/mol. The van der Waals surface area contributed by atoms with Gasteiger partial charge in [0.05, 0.1) is 5.56 Å². The van der Waals surface area contributed by atoms with E-state index in [1.807, 2.05) is 6.92 Å². The molecule has 1 saturated heterocycles. The summed E-state index contributed by atoms with van der Waals surface area (Å²) in [6, 6.07) is 4.08. The SMILES string of the molecule is CCCN(CC(=O)N1CCNCC1)C(=O)c1ccc(C(F)(F)F)cc1. The molecule has 0 spiro atoms. The first-order chi connectivity index (χ1) is 11.8. The predicted octanol–water partition coefficient (Wildman–Crippen LogP) is 1.99. The van der Waals surface area contributed by atoms with Gasteiger partial charge in [-0.3, -0.25) is 9.59 Å². The number of carbonyl (C=O) groups excluding carboxylic acids is 2. The molecule has 0 unspecified atom stereocenters. The Balaban J connectivity index is 2.07. The molecular weight excluding hydrogens is 335 g/mol. The zero-order chi connectivity index (χ0) is 18.4. The van der Waals surface area contributed by atoms with Crippen LogP contribution in [-0.2, 0) is 11.0 Å². The molecule has 1 N–H and O–H groups in total. The van der Waals surface area contributed by atoms with E-state index >= 15 is 0 Å². The Kier molecular flexibility index (Phi) is 6.41. The Hall–Kier alpha value is -2.09. The molecule has 1 aliphatic heterocycles. The van der Waals surface area contributed by atoms with Gasteiger partial charge in [-0.25, -0.2) is 0 Å². The Morgan fingerprint density at radius 2 is 1.76 bits per heavy atom. The molecule has 0 bridgehead atoms. The third-order valence-electron chi connectivity index (χ3n) is 4.04. The number of amides is 2. The van der Waals surface area contributed by atoms with Gasteiger partial charge in [-0.1, -0.05) is 6.92 Å². The van der Waals surface area contributed by atoms with Crippen LogP contribution in [0.25, 0.3) is 0 Å². The number of benzene rings is 1. The van der Waals surface area contributed by atoms with Crippen molar-refractivity contribution in [1.82, 2.24) is 15.1 Å². The molecule has 138 valence electrons. The van der Waals surface area contributed by atoms with E-state index in [9.17, 15) is 22.8 Å². The third-order valence-corrected chi connectivity index (χ3v) is 4.04. The lowest BCUT2D eigenvalue weighted by molar-refractivity contribution is -0.137. The van der Waals surface area contributed by atoms with Crippen molar-refractivity contribution in [3.05, 3.63) is 35.4 Å². The minimum absolute atomic E-state index is 0.0618. The maximum Gasteiger partial charge on any atom is 0.416 e. The molecule has 1 aromatic rings. The van der Waals surface area contributed by atoms with Crippen molar-refractivity contribution in [1.29, 1.82) is 0 Å². The van der Waals surface area contributed by atoms with Crippen molar-refractivity contribution in [2.75, 3.05) is 39.3 Å². The number of carbonyl (C=O) groups is 2. The van der Waals surface area contributed by atoms with Gasteiger partial charge in [0, 0.05) is 38.3 Å². The molecule has 25 heavy (non-hydrogen) atoms. The first-order valence-corrected chi connectivity index (χ1v) is 8.28. The topological polar surface area (TPSA) is 52.7 Å². The number of nitrogens with zero attached hydrogens (tertiary/aromatic N) is 2. The normalized spacial score (nSPS) is 15.1. The van der Waals surface area contributed by atoms with Crippen molar-refractivity contribution in [2.24, 2.45) is 0 Å². The van der Waals surface area contributed by atoms with Crippen molar-refractivity contribution >= 4 is 11.8 Å². The van der Waals surface area contributed by atoms with Gasteiger partial charge in [-0.2, -0.15) is 13.2 Å². The quantitative estimate of drug-likeness (QED) is 0.877. The molecule has 2 amide bonds. The number of halogens is 3. The van der Waals surface area contributed by atoms with Crippen molar-refractivity contribution < 1.29 is 22.8 Å². The van der Waals surface area contributed by atoms with Crippen molar-refractivity contribution in [3.8, 4) is 0 Å². The molecule has 0 atom stereocenters. The maximum absolute atomic E-state index is 12.6. The smallest absolute Gasteiger partial charge is 0.339 e. The third kappa shape index (κ3) is 5.19. The lowest BCUT2D eigenvalue weighted by Crippen LogP contribution is -2.50. The summed E-state index contributed by atoms with van der Waals surface area (Å²) in [5, 5.41) is 3.15. The van der Waals surface area contributed by atoms with Crippen LogP contribution in [0.4, 0.5) is 13.2 Å². The Bertz CT molecular complexity index is 596. The maximum atomic E-state index is 12.6. The average Bonchev–Trinajstić information content (AvgIpc) is 2.61. The zero-order valence-corrected chi connectivity index (χ0v) is 14.1. The van der Waals surface area contributed by atoms with E-state index in [1.165, 1.54) is 4.90 Å². The summed E-state index contributed by atoms with van der Waals surface area (Å²) < 4.78 is 37.9. The van der Waals surface area contributed by atoms with Crippen LogP contribution in [0.3, 0.4) is 0 Å². The van der Waals surface area contributed by atoms with Gasteiger partial charge in [-0.05, 0) is 30.7 Å². The van der Waals surface area contributed by atoms with Gasteiger partial charge in [0.25, 0.3) is 5.91 Å².